The van der Waals surface area contributed by atoms with Crippen molar-refractivity contribution in [3.05, 3.63) is 24.3 Å². The highest BCUT2D eigenvalue weighted by Crippen LogP contribution is 2.25. The number of hydrogen-bond donors (Lipinski definition) is 1. The molecule has 1 rings (SSSR count). The van der Waals surface area contributed by atoms with Gasteiger partial charge in [-0.1, -0.05) is 6.07 Å². The highest BCUT2D eigenvalue weighted by atomic mass is 16.5. The Morgan fingerprint density at radius 1 is 1.62 bits per heavy atom. The molecular weight excluding hydrogens is 172 g/mol. The molecule has 4 heteroatoms. The fourth-order valence-corrected chi connectivity index (χ4v) is 0.822. The Labute approximate surface area is 75.7 Å². The lowest BCUT2D eigenvalue weighted by Gasteiger charge is -2.07. The first-order chi connectivity index (χ1) is 6.24. The molecule has 0 fully saturated rings. The average Bonchev–Trinajstić information content (AvgIpc) is 2.15. The van der Waals surface area contributed by atoms with Gasteiger partial charge in [-0.2, -0.15) is 0 Å². The highest BCUT2D eigenvalue weighted by Gasteiger charge is 2.04. The van der Waals surface area contributed by atoms with Crippen molar-refractivity contribution in [2.45, 2.75) is 0 Å². The average molecular weight is 181 g/mol. The minimum Gasteiger partial charge on any atom is -0.493 e. The van der Waals surface area contributed by atoms with Crippen molar-refractivity contribution in [3.8, 4) is 11.5 Å². The Kier molecular flexibility index (Phi) is 3.14. The van der Waals surface area contributed by atoms with E-state index in [-0.39, 0.29) is 6.61 Å². The summed E-state index contributed by atoms with van der Waals surface area (Å²) in [4.78, 5) is 10.2. The van der Waals surface area contributed by atoms with Gasteiger partial charge in [0, 0.05) is 0 Å². The third-order valence-corrected chi connectivity index (χ3v) is 1.36. The monoisotopic (exact) mass is 181 g/mol. The quantitative estimate of drug-likeness (QED) is 0.751. The molecule has 4 nitrogen and oxygen atoms in total. The predicted molar refractivity (Wildman–Crippen MR) is 45.0 cm³/mol. The van der Waals surface area contributed by atoms with Crippen molar-refractivity contribution in [2.24, 2.45) is 0 Å². The number of carboxylic acid groups (broad SMARTS) is 1. The normalized spacial score (nSPS) is 9.31. The fraction of sp³-hybridized carbons (Fsp3) is 0.222. The minimum absolute atomic E-state index is 0.381. The molecule has 13 heavy (non-hydrogen) atoms. The minimum atomic E-state index is -1.02. The van der Waals surface area contributed by atoms with Crippen LogP contribution in [0.3, 0.4) is 0 Å². The standard InChI is InChI=1S/C9H9O4/c1-12-7-4-2-3-5-8(7)13-6-9(10)11/h2,4-5H,6H2,1H3,(H,10,11). The number of carboxylic acids is 1. The van der Waals surface area contributed by atoms with E-state index >= 15 is 0 Å². The second-order valence-corrected chi connectivity index (χ2v) is 2.26. The van der Waals surface area contributed by atoms with Crippen LogP contribution in [0.2, 0.25) is 0 Å². The molecule has 0 atom stereocenters. The number of hydrogen-bond acceptors (Lipinski definition) is 3. The van der Waals surface area contributed by atoms with E-state index in [0.29, 0.717) is 11.5 Å². The van der Waals surface area contributed by atoms with Gasteiger partial charge in [0.05, 0.1) is 7.11 Å². The molecule has 1 N–H and O–H groups in total. The number of rotatable bonds is 4. The molecule has 0 amide bonds. The van der Waals surface area contributed by atoms with Crippen molar-refractivity contribution >= 4 is 5.97 Å². The van der Waals surface area contributed by atoms with Crippen molar-refractivity contribution in [2.75, 3.05) is 13.7 Å². The molecule has 0 unspecified atom stereocenters. The van der Waals surface area contributed by atoms with Crippen molar-refractivity contribution in [1.82, 2.24) is 0 Å². The van der Waals surface area contributed by atoms with Crippen LogP contribution in [0.5, 0.6) is 11.5 Å². The third-order valence-electron chi connectivity index (χ3n) is 1.36. The lowest BCUT2D eigenvalue weighted by Crippen LogP contribution is -2.09. The van der Waals surface area contributed by atoms with E-state index in [1.54, 1.807) is 12.1 Å². The molecule has 0 aliphatic rings. The molecule has 0 bridgehead atoms. The fourth-order valence-electron chi connectivity index (χ4n) is 0.822. The molecule has 0 aliphatic heterocycles. The maximum atomic E-state index is 10.2. The van der Waals surface area contributed by atoms with Crippen LogP contribution in [-0.4, -0.2) is 24.8 Å². The van der Waals surface area contributed by atoms with E-state index in [0.717, 1.165) is 0 Å². The Balaban J connectivity index is 2.69. The van der Waals surface area contributed by atoms with E-state index in [9.17, 15) is 4.79 Å². The summed E-state index contributed by atoms with van der Waals surface area (Å²) in [6, 6.07) is 7.60. The summed E-state index contributed by atoms with van der Waals surface area (Å²) < 4.78 is 9.87. The molecule has 0 spiro atoms. The predicted octanol–water partition coefficient (Wildman–Crippen LogP) is 0.959. The first kappa shape index (κ1) is 9.38. The maximum Gasteiger partial charge on any atom is 0.341 e. The second-order valence-electron chi connectivity index (χ2n) is 2.26. The summed E-state index contributed by atoms with van der Waals surface area (Å²) >= 11 is 0. The summed E-state index contributed by atoms with van der Waals surface area (Å²) in [6.07, 6.45) is 0. The maximum absolute atomic E-state index is 10.2. The smallest absolute Gasteiger partial charge is 0.341 e. The number of methoxy groups -OCH3 is 1. The van der Waals surface area contributed by atoms with Crippen LogP contribution in [-0.2, 0) is 4.79 Å². The Morgan fingerprint density at radius 2 is 2.38 bits per heavy atom. The topological polar surface area (TPSA) is 55.8 Å². The Bertz CT molecular complexity index is 295. The number of carbonyl (C=O) groups is 1. The molecule has 0 aliphatic carbocycles. The largest absolute Gasteiger partial charge is 0.493 e. The van der Waals surface area contributed by atoms with Crippen LogP contribution in [0.15, 0.2) is 18.2 Å². The summed E-state index contributed by atoms with van der Waals surface area (Å²) in [6.45, 7) is -0.381. The summed E-state index contributed by atoms with van der Waals surface area (Å²) in [5, 5.41) is 8.36. The van der Waals surface area contributed by atoms with Crippen molar-refractivity contribution in [1.29, 1.82) is 0 Å². The van der Waals surface area contributed by atoms with Gasteiger partial charge in [-0.25, -0.2) is 4.79 Å². The number of benzene rings is 1. The lowest BCUT2D eigenvalue weighted by molar-refractivity contribution is -0.139. The molecule has 1 aromatic rings. The molecule has 69 valence electrons. The van der Waals surface area contributed by atoms with Crippen molar-refractivity contribution in [3.63, 3.8) is 0 Å². The van der Waals surface area contributed by atoms with Crippen LogP contribution >= 0.6 is 0 Å². The molecule has 0 aromatic heterocycles. The molecule has 1 aromatic carbocycles. The molecular formula is C9H9O4. The van der Waals surface area contributed by atoms with E-state index in [2.05, 4.69) is 6.07 Å². The zero-order valence-corrected chi connectivity index (χ0v) is 7.11. The van der Waals surface area contributed by atoms with Crippen LogP contribution in [0.25, 0.3) is 0 Å². The van der Waals surface area contributed by atoms with Crippen LogP contribution in [0, 0.1) is 6.07 Å². The number of aliphatic carboxylic acids is 1. The summed E-state index contributed by atoms with van der Waals surface area (Å²) in [7, 11) is 1.49. The first-order valence-corrected chi connectivity index (χ1v) is 3.62. The van der Waals surface area contributed by atoms with Gasteiger partial charge in [0.25, 0.3) is 0 Å². The van der Waals surface area contributed by atoms with Gasteiger partial charge in [0.2, 0.25) is 0 Å². The van der Waals surface area contributed by atoms with Crippen molar-refractivity contribution < 1.29 is 19.4 Å². The lowest BCUT2D eigenvalue weighted by atomic mass is 10.3. The Hall–Kier alpha value is -1.71. The summed E-state index contributed by atoms with van der Waals surface area (Å²) in [5.74, 6) is -0.140. The van der Waals surface area contributed by atoms with Gasteiger partial charge in [0.1, 0.15) is 0 Å². The van der Waals surface area contributed by atoms with Gasteiger partial charge in [-0.05, 0) is 18.2 Å². The third kappa shape index (κ3) is 2.66. The van der Waals surface area contributed by atoms with Gasteiger partial charge in [0.15, 0.2) is 18.1 Å². The highest BCUT2D eigenvalue weighted by molar-refractivity contribution is 5.68. The molecule has 1 radical (unpaired) electrons. The van der Waals surface area contributed by atoms with Gasteiger partial charge >= 0.3 is 5.97 Å². The van der Waals surface area contributed by atoms with E-state index in [1.807, 2.05) is 0 Å². The SMILES string of the molecule is COc1cc[c]cc1OCC(=O)O. The van der Waals surface area contributed by atoms with Crippen LogP contribution < -0.4 is 9.47 Å². The zero-order chi connectivity index (χ0) is 9.68. The van der Waals surface area contributed by atoms with Gasteiger partial charge < -0.3 is 14.6 Å². The second kappa shape index (κ2) is 4.35. The van der Waals surface area contributed by atoms with E-state index in [1.165, 1.54) is 13.2 Å². The Morgan fingerprint density at radius 3 is 3.00 bits per heavy atom. The molecule has 0 saturated heterocycles. The van der Waals surface area contributed by atoms with Crippen LogP contribution in [0.1, 0.15) is 0 Å². The molecule has 0 saturated carbocycles. The number of ether oxygens (including phenoxy) is 2. The molecule has 0 heterocycles. The zero-order valence-electron chi connectivity index (χ0n) is 7.11. The first-order valence-electron chi connectivity index (χ1n) is 3.62. The van der Waals surface area contributed by atoms with E-state index in [4.69, 9.17) is 14.6 Å². The van der Waals surface area contributed by atoms with Crippen LogP contribution in [0.4, 0.5) is 0 Å². The summed E-state index contributed by atoms with van der Waals surface area (Å²) in [5.41, 5.74) is 0. The van der Waals surface area contributed by atoms with E-state index < -0.39 is 5.97 Å². The van der Waals surface area contributed by atoms with Gasteiger partial charge in [-0.15, -0.1) is 0 Å². The van der Waals surface area contributed by atoms with Gasteiger partial charge in [-0.3, -0.25) is 0 Å².